The first-order valence-corrected chi connectivity index (χ1v) is 20.2. The number of carbonyl (C=O) groups excluding carboxylic acids is 1. The van der Waals surface area contributed by atoms with Crippen LogP contribution in [0.15, 0.2) is 71.6 Å². The Morgan fingerprint density at radius 3 is 2.15 bits per heavy atom. The van der Waals surface area contributed by atoms with E-state index in [-0.39, 0.29) is 47.9 Å². The minimum atomic E-state index is -0.337. The number of aliphatic hydroxyl groups is 1. The van der Waals surface area contributed by atoms with E-state index in [1.54, 1.807) is 17.7 Å². The molecule has 0 bridgehead atoms. The first kappa shape index (κ1) is 44.6. The third kappa shape index (κ3) is 9.71. The fourth-order valence-electron chi connectivity index (χ4n) is 6.34. The second-order valence-corrected chi connectivity index (χ2v) is 17.7. The van der Waals surface area contributed by atoms with Crippen LogP contribution in [0.3, 0.4) is 0 Å². The van der Waals surface area contributed by atoms with Crippen molar-refractivity contribution in [1.29, 1.82) is 0 Å². The summed E-state index contributed by atoms with van der Waals surface area (Å²) in [5.74, 6) is 0.916. The number of thiol groups is 1. The maximum absolute atomic E-state index is 12.2. The van der Waals surface area contributed by atoms with Gasteiger partial charge in [0.15, 0.2) is 5.78 Å². The molecule has 0 aliphatic carbocycles. The van der Waals surface area contributed by atoms with Crippen LogP contribution in [0, 0.1) is 22.8 Å². The monoisotopic (exact) mass is 928 g/mol. The quantitative estimate of drug-likeness (QED) is 0.0600. The molecule has 5 aromatic rings. The molecular formula is C46H59IrN2O2S2-. The molecule has 5 rings (SSSR count). The minimum absolute atomic E-state index is 0. The largest absolute Gasteiger partial charge is 0.512 e. The summed E-state index contributed by atoms with van der Waals surface area (Å²) in [6.07, 6.45) is 9.82. The number of allylic oxidation sites excluding steroid dienone is 4. The van der Waals surface area contributed by atoms with Gasteiger partial charge in [0.05, 0.1) is 5.52 Å². The summed E-state index contributed by atoms with van der Waals surface area (Å²) in [6, 6.07) is 18.8. The molecule has 0 saturated carbocycles. The van der Waals surface area contributed by atoms with Crippen LogP contribution in [0.25, 0.3) is 47.9 Å². The summed E-state index contributed by atoms with van der Waals surface area (Å²) in [4.78, 5) is 22.7. The average Bonchev–Trinajstić information content (AvgIpc) is 3.52. The molecule has 287 valence electrons. The fraction of sp³-hybridized carbons (Fsp3) is 0.457. The molecule has 0 saturated heterocycles. The van der Waals surface area contributed by atoms with Crippen LogP contribution in [-0.2, 0) is 30.3 Å². The van der Waals surface area contributed by atoms with Crippen molar-refractivity contribution in [2.45, 2.75) is 125 Å². The number of hydrogen-bond donors (Lipinski definition) is 2. The van der Waals surface area contributed by atoms with Gasteiger partial charge >= 0.3 is 0 Å². The third-order valence-corrected chi connectivity index (χ3v) is 12.8. The standard InChI is InChI=1S/C31H31N2S2.C15H28O2.Ir/c1-18(2)11-12-19(3)22-13-14-25-26(29(22)34)28-30(35-25)27(32-17-33-28)21-15-20-9-7-8-10-23(20)24(16-21)31(4,5)6;1-7-14(5,8-2)12(16)11-13(17)15(6,9-3)10-4;/h7-10,12-14,16-18,34H,11H2,1-6H3;11,16H,7-10H2,1-6H3;/q-1;;/b19-12+;12-11-;. The zero-order chi connectivity index (χ0) is 38.6. The number of carbonyl (C=O) groups is 1. The van der Waals surface area contributed by atoms with Gasteiger partial charge in [0.2, 0.25) is 0 Å². The van der Waals surface area contributed by atoms with E-state index in [4.69, 9.17) is 22.6 Å². The first-order chi connectivity index (χ1) is 24.4. The van der Waals surface area contributed by atoms with Crippen molar-refractivity contribution in [1.82, 2.24) is 9.97 Å². The number of benzene rings is 3. The SMILES string of the molecule is C/C(=C\CC(C)C)c1ccc2sc3c(-c4[c-]c5ccccc5c(C(C)(C)C)c4)ncnc3c2c1S.CCC(C)(CC)C(=O)/C=C(\O)C(C)(CC)CC.[Ir]. The second-order valence-electron chi connectivity index (χ2n) is 16.2. The van der Waals surface area contributed by atoms with E-state index in [2.05, 4.69) is 96.1 Å². The topological polar surface area (TPSA) is 63.1 Å². The van der Waals surface area contributed by atoms with Crippen molar-refractivity contribution in [2.75, 3.05) is 0 Å². The van der Waals surface area contributed by atoms with Crippen LogP contribution in [-0.4, -0.2) is 20.9 Å². The Morgan fingerprint density at radius 1 is 0.943 bits per heavy atom. The summed E-state index contributed by atoms with van der Waals surface area (Å²) in [7, 11) is 0. The maximum atomic E-state index is 12.2. The molecule has 0 aliphatic rings. The number of hydrogen-bond acceptors (Lipinski definition) is 6. The molecule has 0 spiro atoms. The van der Waals surface area contributed by atoms with Crippen LogP contribution in [0.2, 0.25) is 0 Å². The molecule has 0 atom stereocenters. The van der Waals surface area contributed by atoms with E-state index in [0.29, 0.717) is 5.92 Å². The number of thiophene rings is 1. The number of nitrogens with zero attached hydrogens (tertiary/aromatic N) is 2. The van der Waals surface area contributed by atoms with E-state index >= 15 is 0 Å². The zero-order valence-corrected chi connectivity index (χ0v) is 37.9. The molecule has 2 aromatic heterocycles. The van der Waals surface area contributed by atoms with Gasteiger partial charge in [-0.3, -0.25) is 9.78 Å². The summed E-state index contributed by atoms with van der Waals surface area (Å²) < 4.78 is 2.27. The summed E-state index contributed by atoms with van der Waals surface area (Å²) in [5.41, 5.74) is 6.06. The predicted octanol–water partition coefficient (Wildman–Crippen LogP) is 14.1. The Bertz CT molecular complexity index is 2110. The number of rotatable bonds is 11. The van der Waals surface area contributed by atoms with Crippen LogP contribution in [0.4, 0.5) is 0 Å². The Morgan fingerprint density at radius 2 is 1.57 bits per heavy atom. The first-order valence-electron chi connectivity index (χ1n) is 18.9. The Labute approximate surface area is 341 Å². The third-order valence-electron chi connectivity index (χ3n) is 11.2. The van der Waals surface area contributed by atoms with Crippen molar-refractivity contribution >= 4 is 66.4 Å². The summed E-state index contributed by atoms with van der Waals surface area (Å²) in [6.45, 7) is 25.5. The number of fused-ring (bicyclic) bond motifs is 4. The van der Waals surface area contributed by atoms with Gasteiger partial charge in [-0.05, 0) is 67.6 Å². The van der Waals surface area contributed by atoms with E-state index in [9.17, 15) is 9.90 Å². The van der Waals surface area contributed by atoms with E-state index in [1.807, 2.05) is 41.5 Å². The van der Waals surface area contributed by atoms with Crippen LogP contribution >= 0.6 is 24.0 Å². The molecular weight excluding hydrogens is 869 g/mol. The van der Waals surface area contributed by atoms with Gasteiger partial charge in [0, 0.05) is 62.4 Å². The van der Waals surface area contributed by atoms with E-state index in [1.165, 1.54) is 32.9 Å². The normalized spacial score (nSPS) is 13.0. The molecule has 53 heavy (non-hydrogen) atoms. The molecule has 0 fully saturated rings. The van der Waals surface area contributed by atoms with Crippen molar-refractivity contribution in [2.24, 2.45) is 16.7 Å². The van der Waals surface area contributed by atoms with Gasteiger partial charge < -0.3 is 5.11 Å². The molecule has 4 nitrogen and oxygen atoms in total. The zero-order valence-electron chi connectivity index (χ0n) is 33.8. The summed E-state index contributed by atoms with van der Waals surface area (Å²) in [5, 5.41) is 13.6. The average molecular weight is 928 g/mol. The van der Waals surface area contributed by atoms with Crippen LogP contribution in [0.1, 0.15) is 126 Å². The van der Waals surface area contributed by atoms with Crippen molar-refractivity contribution in [3.63, 3.8) is 0 Å². The maximum Gasteiger partial charge on any atom is 0.164 e. The molecule has 0 aliphatic heterocycles. The molecule has 1 N–H and O–H groups in total. The summed E-state index contributed by atoms with van der Waals surface area (Å²) >= 11 is 6.75. The van der Waals surface area contributed by atoms with E-state index < -0.39 is 0 Å². The van der Waals surface area contributed by atoms with Gasteiger partial charge in [-0.2, -0.15) is 0 Å². The minimum Gasteiger partial charge on any atom is -0.512 e. The molecule has 0 amide bonds. The van der Waals surface area contributed by atoms with Gasteiger partial charge in [0.1, 0.15) is 12.1 Å². The van der Waals surface area contributed by atoms with Crippen molar-refractivity contribution < 1.29 is 30.0 Å². The van der Waals surface area contributed by atoms with Crippen LogP contribution < -0.4 is 0 Å². The molecule has 0 unspecified atom stereocenters. The van der Waals surface area contributed by atoms with Gasteiger partial charge in [-0.1, -0.05) is 117 Å². The number of aromatic nitrogens is 2. The smallest absolute Gasteiger partial charge is 0.164 e. The van der Waals surface area contributed by atoms with Crippen molar-refractivity contribution in [3.05, 3.63) is 83.9 Å². The van der Waals surface area contributed by atoms with Gasteiger partial charge in [0.25, 0.3) is 0 Å². The second kappa shape index (κ2) is 18.2. The molecule has 1 radical (unpaired) electrons. The van der Waals surface area contributed by atoms with Crippen LogP contribution in [0.5, 0.6) is 0 Å². The Hall–Kier alpha value is -2.83. The van der Waals surface area contributed by atoms with Gasteiger partial charge in [-0.25, -0.2) is 4.98 Å². The Balaban J connectivity index is 0.000000359. The molecule has 2 heterocycles. The number of ketones is 1. The fourth-order valence-corrected chi connectivity index (χ4v) is 8.06. The molecule has 7 heteroatoms. The Kier molecular flexibility index (Phi) is 15.3. The number of aliphatic hydroxyl groups excluding tert-OH is 1. The van der Waals surface area contributed by atoms with Gasteiger partial charge in [-0.15, -0.1) is 53.1 Å². The van der Waals surface area contributed by atoms with E-state index in [0.717, 1.165) is 69.2 Å². The predicted molar refractivity (Wildman–Crippen MR) is 229 cm³/mol. The molecule has 3 aromatic carbocycles. The van der Waals surface area contributed by atoms with Crippen molar-refractivity contribution in [3.8, 4) is 11.3 Å².